The molecule has 1 amide bonds. The van der Waals surface area contributed by atoms with E-state index in [0.717, 1.165) is 12.0 Å². The Balaban J connectivity index is 1.85. The molecular formula is C13H13FN2O. The van der Waals surface area contributed by atoms with Gasteiger partial charge in [-0.3, -0.25) is 4.79 Å². The minimum atomic E-state index is -0.400. The van der Waals surface area contributed by atoms with E-state index in [-0.39, 0.29) is 5.91 Å². The van der Waals surface area contributed by atoms with Gasteiger partial charge in [-0.05, 0) is 36.2 Å². The van der Waals surface area contributed by atoms with Crippen molar-refractivity contribution in [3.05, 3.63) is 59.7 Å². The monoisotopic (exact) mass is 232 g/mol. The van der Waals surface area contributed by atoms with Crippen molar-refractivity contribution in [1.29, 1.82) is 0 Å². The van der Waals surface area contributed by atoms with Crippen LogP contribution in [0.25, 0.3) is 0 Å². The first-order chi connectivity index (χ1) is 8.25. The van der Waals surface area contributed by atoms with Crippen LogP contribution in [0.2, 0.25) is 0 Å². The molecule has 0 saturated carbocycles. The summed E-state index contributed by atoms with van der Waals surface area (Å²) in [7, 11) is 0. The fourth-order valence-corrected chi connectivity index (χ4v) is 1.57. The van der Waals surface area contributed by atoms with E-state index in [1.807, 2.05) is 18.5 Å². The molecule has 3 nitrogen and oxygen atoms in total. The van der Waals surface area contributed by atoms with Gasteiger partial charge in [0.15, 0.2) is 0 Å². The maximum atomic E-state index is 12.9. The molecule has 0 atom stereocenters. The third-order valence-electron chi connectivity index (χ3n) is 2.45. The Morgan fingerprint density at radius 1 is 1.35 bits per heavy atom. The summed E-state index contributed by atoms with van der Waals surface area (Å²) < 4.78 is 12.9. The molecule has 1 heterocycles. The van der Waals surface area contributed by atoms with Crippen molar-refractivity contribution in [1.82, 2.24) is 10.3 Å². The number of carbonyl (C=O) groups is 1. The molecule has 0 bridgehead atoms. The zero-order chi connectivity index (χ0) is 12.1. The predicted octanol–water partition coefficient (Wildman–Crippen LogP) is 2.13. The largest absolute Gasteiger partial charge is 0.367 e. The summed E-state index contributed by atoms with van der Waals surface area (Å²) in [5.41, 5.74) is 1.48. The van der Waals surface area contributed by atoms with Crippen molar-refractivity contribution < 1.29 is 9.18 Å². The molecule has 1 aromatic carbocycles. The van der Waals surface area contributed by atoms with Crippen LogP contribution < -0.4 is 5.32 Å². The number of rotatable bonds is 4. The summed E-state index contributed by atoms with van der Waals surface area (Å²) in [6.45, 7) is 0.535. The molecule has 2 rings (SSSR count). The van der Waals surface area contributed by atoms with Gasteiger partial charge in [0.2, 0.25) is 0 Å². The van der Waals surface area contributed by atoms with Crippen LogP contribution in [0.5, 0.6) is 0 Å². The van der Waals surface area contributed by atoms with Crippen LogP contribution in [0.3, 0.4) is 0 Å². The number of hydrogen-bond donors (Lipinski definition) is 2. The lowest BCUT2D eigenvalue weighted by Crippen LogP contribution is -2.25. The highest BCUT2D eigenvalue weighted by atomic mass is 19.1. The number of aromatic amines is 1. The van der Waals surface area contributed by atoms with E-state index in [4.69, 9.17) is 0 Å². The van der Waals surface area contributed by atoms with Crippen molar-refractivity contribution in [2.75, 3.05) is 6.54 Å². The van der Waals surface area contributed by atoms with Gasteiger partial charge in [0, 0.05) is 24.5 Å². The van der Waals surface area contributed by atoms with Gasteiger partial charge in [0.05, 0.1) is 0 Å². The Labute approximate surface area is 98.7 Å². The Morgan fingerprint density at radius 2 is 2.24 bits per heavy atom. The summed E-state index contributed by atoms with van der Waals surface area (Å²) >= 11 is 0. The average molecular weight is 232 g/mol. The highest BCUT2D eigenvalue weighted by Crippen LogP contribution is 2.03. The van der Waals surface area contributed by atoms with Gasteiger partial charge in [0.1, 0.15) is 5.82 Å². The number of halogens is 1. The number of amides is 1. The van der Waals surface area contributed by atoms with E-state index in [9.17, 15) is 9.18 Å². The van der Waals surface area contributed by atoms with Gasteiger partial charge in [-0.15, -0.1) is 0 Å². The Kier molecular flexibility index (Phi) is 3.55. The number of H-pyrrole nitrogens is 1. The van der Waals surface area contributed by atoms with E-state index in [0.29, 0.717) is 12.1 Å². The van der Waals surface area contributed by atoms with Gasteiger partial charge in [-0.2, -0.15) is 0 Å². The number of nitrogens with one attached hydrogen (secondary N) is 2. The van der Waals surface area contributed by atoms with Gasteiger partial charge in [-0.1, -0.05) is 6.07 Å². The summed E-state index contributed by atoms with van der Waals surface area (Å²) in [6.07, 6.45) is 4.47. The molecule has 0 saturated heterocycles. The predicted molar refractivity (Wildman–Crippen MR) is 63.2 cm³/mol. The fraction of sp³-hybridized carbons (Fsp3) is 0.154. The van der Waals surface area contributed by atoms with Crippen LogP contribution in [-0.4, -0.2) is 17.4 Å². The van der Waals surface area contributed by atoms with Gasteiger partial charge in [-0.25, -0.2) is 4.39 Å². The van der Waals surface area contributed by atoms with Crippen LogP contribution in [0, 0.1) is 5.82 Å². The summed E-state index contributed by atoms with van der Waals surface area (Å²) in [5, 5.41) is 2.74. The molecule has 1 aromatic heterocycles. The van der Waals surface area contributed by atoms with Crippen molar-refractivity contribution >= 4 is 5.91 Å². The first-order valence-corrected chi connectivity index (χ1v) is 5.41. The summed E-state index contributed by atoms with van der Waals surface area (Å²) in [4.78, 5) is 14.6. The number of carbonyl (C=O) groups excluding carboxylic acids is 1. The molecule has 0 aliphatic rings. The van der Waals surface area contributed by atoms with E-state index >= 15 is 0 Å². The summed E-state index contributed by atoms with van der Waals surface area (Å²) in [5.74, 6) is -0.650. The van der Waals surface area contributed by atoms with Crippen LogP contribution in [0.15, 0.2) is 42.7 Å². The molecule has 4 heteroatoms. The van der Waals surface area contributed by atoms with Gasteiger partial charge in [0.25, 0.3) is 5.91 Å². The second-order valence-corrected chi connectivity index (χ2v) is 3.74. The Hall–Kier alpha value is -2.10. The van der Waals surface area contributed by atoms with Crippen molar-refractivity contribution in [3.8, 4) is 0 Å². The minimum absolute atomic E-state index is 0.250. The second kappa shape index (κ2) is 5.30. The molecule has 0 aliphatic carbocycles. The SMILES string of the molecule is O=C(NCCc1cc[nH]c1)c1cccc(F)c1. The van der Waals surface area contributed by atoms with Crippen LogP contribution >= 0.6 is 0 Å². The molecule has 2 aromatic rings. The minimum Gasteiger partial charge on any atom is -0.367 e. The van der Waals surface area contributed by atoms with Crippen LogP contribution in [0.1, 0.15) is 15.9 Å². The second-order valence-electron chi connectivity index (χ2n) is 3.74. The third-order valence-corrected chi connectivity index (χ3v) is 2.45. The van der Waals surface area contributed by atoms with Crippen molar-refractivity contribution in [2.45, 2.75) is 6.42 Å². The molecule has 0 spiro atoms. The van der Waals surface area contributed by atoms with E-state index in [1.165, 1.54) is 18.2 Å². The first-order valence-electron chi connectivity index (χ1n) is 5.41. The van der Waals surface area contributed by atoms with Crippen LogP contribution in [-0.2, 0) is 6.42 Å². The molecular weight excluding hydrogens is 219 g/mol. The van der Waals surface area contributed by atoms with E-state index in [1.54, 1.807) is 6.07 Å². The van der Waals surface area contributed by atoms with Crippen molar-refractivity contribution in [2.24, 2.45) is 0 Å². The van der Waals surface area contributed by atoms with Crippen molar-refractivity contribution in [3.63, 3.8) is 0 Å². The Morgan fingerprint density at radius 3 is 2.94 bits per heavy atom. The molecule has 17 heavy (non-hydrogen) atoms. The molecule has 0 fully saturated rings. The van der Waals surface area contributed by atoms with E-state index in [2.05, 4.69) is 10.3 Å². The summed E-state index contributed by atoms with van der Waals surface area (Å²) in [6, 6.07) is 7.61. The zero-order valence-corrected chi connectivity index (χ0v) is 9.24. The molecule has 0 unspecified atom stereocenters. The molecule has 0 radical (unpaired) electrons. The zero-order valence-electron chi connectivity index (χ0n) is 9.24. The topological polar surface area (TPSA) is 44.9 Å². The standard InChI is InChI=1S/C13H13FN2O/c14-12-3-1-2-11(8-12)13(17)16-7-5-10-4-6-15-9-10/h1-4,6,8-9,15H,5,7H2,(H,16,17). The fourth-order valence-electron chi connectivity index (χ4n) is 1.57. The molecule has 2 N–H and O–H groups in total. The lowest BCUT2D eigenvalue weighted by atomic mass is 10.2. The average Bonchev–Trinajstić information content (AvgIpc) is 2.82. The first kappa shape index (κ1) is 11.4. The highest BCUT2D eigenvalue weighted by molar-refractivity contribution is 5.94. The van der Waals surface area contributed by atoms with Gasteiger partial charge >= 0.3 is 0 Å². The maximum absolute atomic E-state index is 12.9. The Bertz CT molecular complexity index is 494. The van der Waals surface area contributed by atoms with Crippen LogP contribution in [0.4, 0.5) is 4.39 Å². The van der Waals surface area contributed by atoms with Gasteiger partial charge < -0.3 is 10.3 Å². The quantitative estimate of drug-likeness (QED) is 0.833. The molecule has 0 aliphatic heterocycles. The normalized spacial score (nSPS) is 10.2. The number of hydrogen-bond acceptors (Lipinski definition) is 1. The number of aromatic nitrogens is 1. The lowest BCUT2D eigenvalue weighted by Gasteiger charge is -2.04. The number of benzene rings is 1. The lowest BCUT2D eigenvalue weighted by molar-refractivity contribution is 0.0953. The highest BCUT2D eigenvalue weighted by Gasteiger charge is 2.05. The van der Waals surface area contributed by atoms with E-state index < -0.39 is 5.82 Å². The molecule has 88 valence electrons. The third kappa shape index (κ3) is 3.17. The smallest absolute Gasteiger partial charge is 0.251 e. The maximum Gasteiger partial charge on any atom is 0.251 e.